The minimum Gasteiger partial charge on any atom is -0.470 e. The van der Waals surface area contributed by atoms with Crippen LogP contribution >= 0.6 is 48.0 Å². The van der Waals surface area contributed by atoms with Crippen LogP contribution in [0.2, 0.25) is 13.1 Å². The number of hydrogen-bond donors (Lipinski definition) is 4. The highest BCUT2D eigenvalue weighted by Crippen LogP contribution is 2.60. The van der Waals surface area contributed by atoms with Gasteiger partial charge in [-0.2, -0.15) is 0 Å². The average molecular weight is 2060 g/mol. The van der Waals surface area contributed by atoms with Crippen LogP contribution in [0.25, 0.3) is 109 Å². The summed E-state index contributed by atoms with van der Waals surface area (Å²) in [6.45, 7) is 26.2. The summed E-state index contributed by atoms with van der Waals surface area (Å²) in [4.78, 5) is 20.9. The third kappa shape index (κ3) is 22.8. The van der Waals surface area contributed by atoms with Gasteiger partial charge in [0.05, 0.1) is 30.0 Å². The molecule has 4 aromatic heterocycles. The van der Waals surface area contributed by atoms with Crippen LogP contribution in [-0.2, 0) is 35.3 Å². The lowest BCUT2D eigenvalue weighted by atomic mass is 9.81. The Bertz CT molecular complexity index is 7200. The van der Waals surface area contributed by atoms with E-state index in [0.29, 0.717) is 24.1 Å². The number of furan rings is 4. The van der Waals surface area contributed by atoms with E-state index in [-0.39, 0.29) is 34.0 Å². The molecule has 2 unspecified atom stereocenters. The van der Waals surface area contributed by atoms with Gasteiger partial charge in [-0.15, -0.1) is 0 Å². The van der Waals surface area contributed by atoms with Gasteiger partial charge in [0.25, 0.3) is 0 Å². The van der Waals surface area contributed by atoms with Crippen molar-refractivity contribution >= 4 is 146 Å². The Morgan fingerprint density at radius 2 is 0.671 bits per heavy atom. The topological polar surface area (TPSA) is 202 Å². The van der Waals surface area contributed by atoms with Crippen LogP contribution in [0.5, 0.6) is 0 Å². The van der Waals surface area contributed by atoms with E-state index in [4.69, 9.17) is 37.8 Å². The number of rotatable bonds is 12. The highest BCUT2D eigenvalue weighted by molar-refractivity contribution is 9.11. The highest BCUT2D eigenvalue weighted by atomic mass is 79.9. The Kier molecular flexibility index (Phi) is 32.9. The molecule has 16 aromatic rings. The monoisotopic (exact) mass is 2060 g/mol. The molecule has 1 aliphatic heterocycles. The number of carbonyl (C=O) groups is 2. The zero-order valence-electron chi connectivity index (χ0n) is 80.9. The summed E-state index contributed by atoms with van der Waals surface area (Å²) in [5.74, 6) is 6.19. The molecule has 0 bridgehead atoms. The number of halogens is 3. The van der Waals surface area contributed by atoms with Crippen LogP contribution in [0.3, 0.4) is 0 Å². The van der Waals surface area contributed by atoms with Gasteiger partial charge in [-0.3, -0.25) is 9.59 Å². The minimum atomic E-state index is -2.35. The largest absolute Gasteiger partial charge is 0.526 e. The molecular weight excluding hydrogens is 1940 g/mol. The number of allylic oxidation sites excluding steroid dienone is 6. The molecule has 6 aliphatic carbocycles. The molecule has 23 rings (SSSR count). The van der Waals surface area contributed by atoms with Gasteiger partial charge in [0, 0.05) is 56.9 Å². The van der Waals surface area contributed by atoms with E-state index in [1.165, 1.54) is 188 Å². The average Bonchev–Trinajstić information content (AvgIpc) is 1.55. The number of fused-ring (bicyclic) bond motifs is 6. The third-order valence-electron chi connectivity index (χ3n) is 26.5. The lowest BCUT2D eigenvalue weighted by Crippen LogP contribution is -2.42. The quantitative estimate of drug-likeness (QED) is 0.0518. The summed E-state index contributed by atoms with van der Waals surface area (Å²) < 4.78 is 27.1. The van der Waals surface area contributed by atoms with Gasteiger partial charge in [0.2, 0.25) is 11.8 Å². The van der Waals surface area contributed by atoms with E-state index < -0.39 is 22.3 Å². The van der Waals surface area contributed by atoms with Crippen molar-refractivity contribution in [1.29, 1.82) is 0 Å². The standard InChI is InChI=1S/C44H40O2Si.C21H18O.C16H13Br.C16H14.C10H9Br.C6H7BO2.C5H7BO3.C4H4BrNO2.H2O/c1-27-17-21-33-35(41(27)31-13-9-7-10-14-31)25-37(39-23-19-29(3)45-39)43(33)47(5,6)44-34-22-18-28(2)42(32-15-11-8-12-16-32)36(34)26-38(44)40-24-20-30(4)46-40;1-14-8-10-17-12-18(20-11-9-15(2)22-20)13-19(17)21(14)16-6-4-3-5-7-16;1-11-7-8-13-9-14(17)10-15(13)16(11)12-5-3-2-4-6-12;1-12-10-11-13-8-5-9-15(13)16(12)14-6-3-2-4-7-14;1-7-5-6-8-3-2-4-9(8)10(7)11;8-7(9)6-4-2-1-3-5-6;1-4-2-3-5(9-4)6(7)8;5-6-3(7)1-2-4(6)8;/h7-26,43-44H,1-6H3;3-11,13H,12H2,1-2H3;2-8,10H,9H2,1H3;2-7,9-11H,8H2,1H3;2,4-6H,3H2,1H3;1-5,8-9H;2-3,7-8H,1H3;1-2H2;1H2. The van der Waals surface area contributed by atoms with Gasteiger partial charge >= 0.3 is 14.2 Å². The van der Waals surface area contributed by atoms with E-state index in [1.807, 2.05) is 32.9 Å². The van der Waals surface area contributed by atoms with Crippen LogP contribution < -0.4 is 11.1 Å². The number of aryl methyl sites for hydroxylation is 10. The van der Waals surface area contributed by atoms with Crippen LogP contribution in [0.15, 0.2) is 342 Å². The van der Waals surface area contributed by atoms with Crippen LogP contribution in [0, 0.1) is 69.2 Å². The van der Waals surface area contributed by atoms with Crippen molar-refractivity contribution in [3.05, 3.63) is 465 Å². The van der Waals surface area contributed by atoms with E-state index >= 15 is 0 Å². The van der Waals surface area contributed by atoms with Gasteiger partial charge in [-0.05, 0) is 338 Å². The van der Waals surface area contributed by atoms with E-state index in [1.54, 1.807) is 37.3 Å². The molecule has 2 amide bonds. The van der Waals surface area contributed by atoms with Gasteiger partial charge in [-0.1, -0.05) is 308 Å². The first-order chi connectivity index (χ1) is 67.1. The second-order valence-corrected chi connectivity index (χ2v) is 44.0. The molecular formula is C122H114B2Br3NO11Si. The summed E-state index contributed by atoms with van der Waals surface area (Å²) >= 11 is 9.99. The predicted octanol–water partition coefficient (Wildman–Crippen LogP) is 28.6. The number of amides is 2. The van der Waals surface area contributed by atoms with Crippen molar-refractivity contribution in [1.82, 2.24) is 3.93 Å². The molecule has 704 valence electrons. The van der Waals surface area contributed by atoms with Crippen LogP contribution in [0.1, 0.15) is 164 Å². The van der Waals surface area contributed by atoms with Crippen molar-refractivity contribution in [3.8, 4) is 55.6 Å². The SMILES string of the molecule is Cc1ccc(B(O)O)o1.Cc1ccc(C2=Cc3c(ccc(C)c3-c3ccccc3)C2)o1.Cc1ccc(C2=Cc3c(ccc(C)c3-c3ccccc3)C2[Si](C)(C)C2C(c3ccc(C)o3)=Cc3c2ccc(C)c3-c2ccccc2)o1.Cc1ccc2c(c1-c1ccccc1)C=C(Br)C2.Cc1ccc2c(c1-c1ccccc1)C=CC2.Cc1ccc2c(c1Br)C=CC2.O.O=C1CCC(=O)N1Br.OB(O)c1ccccc1. The number of benzene rings is 12. The second kappa shape index (κ2) is 45.5. The molecule has 1 fully saturated rings. The molecule has 18 heteroatoms. The Morgan fingerprint density at radius 1 is 0.336 bits per heavy atom. The van der Waals surface area contributed by atoms with Crippen LogP contribution in [0.4, 0.5) is 0 Å². The number of hydrogen-bond acceptors (Lipinski definition) is 10. The first-order valence-electron chi connectivity index (χ1n) is 47.1. The molecule has 12 aromatic carbocycles. The summed E-state index contributed by atoms with van der Waals surface area (Å²) in [6.07, 6.45) is 23.2. The second-order valence-electron chi connectivity index (χ2n) is 36.7. The molecule has 6 N–H and O–H groups in total. The molecule has 7 aliphatic rings. The fourth-order valence-corrected chi connectivity index (χ4v) is 25.7. The summed E-state index contributed by atoms with van der Waals surface area (Å²) in [7, 11) is -5.18. The zero-order chi connectivity index (χ0) is 97.9. The van der Waals surface area contributed by atoms with E-state index in [2.05, 4.69) is 406 Å². The number of nitrogens with zero attached hydrogens (tertiary/aromatic N) is 1. The lowest BCUT2D eigenvalue weighted by molar-refractivity contribution is -0.131. The van der Waals surface area contributed by atoms with Crippen molar-refractivity contribution < 1.29 is 52.8 Å². The Morgan fingerprint density at radius 3 is 1.03 bits per heavy atom. The predicted molar refractivity (Wildman–Crippen MR) is 592 cm³/mol. The number of imide groups is 1. The van der Waals surface area contributed by atoms with Gasteiger partial charge in [0.1, 0.15) is 40.2 Å². The van der Waals surface area contributed by atoms with E-state index in [9.17, 15) is 9.59 Å². The van der Waals surface area contributed by atoms with Gasteiger partial charge < -0.3 is 43.2 Å². The first-order valence-corrected chi connectivity index (χ1v) is 52.6. The Labute approximate surface area is 848 Å². The van der Waals surface area contributed by atoms with Gasteiger partial charge in [-0.25, -0.2) is 3.93 Å². The molecule has 140 heavy (non-hydrogen) atoms. The van der Waals surface area contributed by atoms with Crippen molar-refractivity contribution in [2.45, 2.75) is 132 Å². The van der Waals surface area contributed by atoms with E-state index in [0.717, 1.165) is 64.2 Å². The normalized spacial score (nSPS) is 14.3. The molecule has 2 atom stereocenters. The van der Waals surface area contributed by atoms with Crippen molar-refractivity contribution in [2.24, 2.45) is 0 Å². The fraction of sp³-hybridized carbons (Fsp3) is 0.164. The van der Waals surface area contributed by atoms with Crippen molar-refractivity contribution in [2.75, 3.05) is 0 Å². The van der Waals surface area contributed by atoms with Crippen molar-refractivity contribution in [3.63, 3.8) is 0 Å². The molecule has 5 heterocycles. The maximum absolute atomic E-state index is 10.4. The number of carbonyl (C=O) groups excluding carboxylic acids is 2. The lowest BCUT2D eigenvalue weighted by Gasteiger charge is -2.39. The highest BCUT2D eigenvalue weighted by Gasteiger charge is 2.51. The smallest absolute Gasteiger partial charge is 0.470 e. The third-order valence-corrected chi connectivity index (χ3v) is 33.1. The molecule has 1 saturated heterocycles. The maximum atomic E-state index is 10.4. The van der Waals surface area contributed by atoms with Gasteiger partial charge in [0.15, 0.2) is 0 Å². The fourth-order valence-electron chi connectivity index (χ4n) is 19.8. The molecule has 0 saturated carbocycles. The summed E-state index contributed by atoms with van der Waals surface area (Å²) in [6, 6.07) is 105. The maximum Gasteiger partial charge on any atom is 0.526 e. The Hall–Kier alpha value is -13.1. The molecule has 0 radical (unpaired) electrons. The molecule has 0 spiro atoms. The zero-order valence-corrected chi connectivity index (χ0v) is 86.6. The minimum absolute atomic E-state index is 0. The Balaban J connectivity index is 0.000000133. The summed E-state index contributed by atoms with van der Waals surface area (Å²) in [5.41, 5.74) is 42.8. The first kappa shape index (κ1) is 101. The van der Waals surface area contributed by atoms with Crippen LogP contribution in [-0.4, -0.2) is 63.6 Å². The molecule has 12 nitrogen and oxygen atoms in total. The summed E-state index contributed by atoms with van der Waals surface area (Å²) in [5, 5.41) is 34.2.